The molecule has 0 radical (unpaired) electrons. The summed E-state index contributed by atoms with van der Waals surface area (Å²) in [6.45, 7) is 0.122. The molecule has 24 heavy (non-hydrogen) atoms. The van der Waals surface area contributed by atoms with Crippen molar-refractivity contribution in [3.8, 4) is 6.07 Å². The summed E-state index contributed by atoms with van der Waals surface area (Å²) in [5.41, 5.74) is 1.91. The third-order valence-corrected chi connectivity index (χ3v) is 3.81. The van der Waals surface area contributed by atoms with Crippen molar-refractivity contribution in [2.45, 2.75) is 12.5 Å². The predicted octanol–water partition coefficient (Wildman–Crippen LogP) is 2.86. The molecule has 1 amide bonds. The maximum Gasteiger partial charge on any atom is 0.238 e. The van der Waals surface area contributed by atoms with Crippen molar-refractivity contribution in [1.29, 1.82) is 5.26 Å². The number of rotatable bonds is 7. The summed E-state index contributed by atoms with van der Waals surface area (Å²) in [4.78, 5) is 12.1. The minimum atomic E-state index is -0.227. The number of aliphatic hydroxyl groups is 1. The first-order chi connectivity index (χ1) is 11.6. The number of nitriles is 1. The number of hydrogen-bond donors (Lipinski definition) is 3. The molecule has 0 aliphatic carbocycles. The van der Waals surface area contributed by atoms with Gasteiger partial charge >= 0.3 is 0 Å². The number of benzene rings is 2. The average molecular weight is 344 g/mol. The van der Waals surface area contributed by atoms with Gasteiger partial charge < -0.3 is 15.7 Å². The van der Waals surface area contributed by atoms with Gasteiger partial charge in [0, 0.05) is 18.3 Å². The van der Waals surface area contributed by atoms with E-state index in [1.54, 1.807) is 18.2 Å². The number of amides is 1. The number of nitrogens with zero attached hydrogens (tertiary/aromatic N) is 1. The van der Waals surface area contributed by atoms with E-state index in [4.69, 9.17) is 16.9 Å². The first-order valence-electron chi connectivity index (χ1n) is 7.52. The monoisotopic (exact) mass is 343 g/mol. The fourth-order valence-corrected chi connectivity index (χ4v) is 2.53. The number of anilines is 1. The molecule has 1 unspecified atom stereocenters. The molecule has 0 aliphatic heterocycles. The summed E-state index contributed by atoms with van der Waals surface area (Å²) in [5, 5.41) is 24.2. The zero-order valence-corrected chi connectivity index (χ0v) is 13.8. The molecular weight excluding hydrogens is 326 g/mol. The molecular formula is C18H18ClN3O2. The Morgan fingerprint density at radius 3 is 2.62 bits per heavy atom. The van der Waals surface area contributed by atoms with Gasteiger partial charge in [-0.2, -0.15) is 5.26 Å². The maximum atomic E-state index is 12.1. The lowest BCUT2D eigenvalue weighted by Gasteiger charge is -2.18. The van der Waals surface area contributed by atoms with Crippen LogP contribution in [0.5, 0.6) is 0 Å². The van der Waals surface area contributed by atoms with E-state index in [1.165, 1.54) is 0 Å². The van der Waals surface area contributed by atoms with E-state index < -0.39 is 0 Å². The minimum absolute atomic E-state index is 0.0272. The Bertz CT molecular complexity index is 729. The van der Waals surface area contributed by atoms with Gasteiger partial charge in [0.15, 0.2) is 0 Å². The molecule has 0 aliphatic rings. The zero-order chi connectivity index (χ0) is 17.4. The number of carbonyl (C=O) groups excluding carboxylic acids is 1. The van der Waals surface area contributed by atoms with Gasteiger partial charge in [0.25, 0.3) is 0 Å². The third kappa shape index (κ3) is 5.07. The summed E-state index contributed by atoms with van der Waals surface area (Å²) in [6, 6.07) is 16.2. The number of carbonyl (C=O) groups is 1. The molecule has 3 N–H and O–H groups in total. The second kappa shape index (κ2) is 9.04. The number of hydrogen-bond acceptors (Lipinski definition) is 4. The lowest BCUT2D eigenvalue weighted by molar-refractivity contribution is -0.115. The third-order valence-electron chi connectivity index (χ3n) is 3.50. The van der Waals surface area contributed by atoms with Crippen molar-refractivity contribution >= 4 is 23.2 Å². The molecule has 0 spiro atoms. The molecule has 5 nitrogen and oxygen atoms in total. The van der Waals surface area contributed by atoms with Crippen molar-refractivity contribution in [3.05, 3.63) is 64.7 Å². The SMILES string of the molecule is N#Cc1ccc(NC(=O)CNC(CCO)c2ccccc2)cc1Cl. The van der Waals surface area contributed by atoms with Crippen LogP contribution in [0.4, 0.5) is 5.69 Å². The van der Waals surface area contributed by atoms with Crippen LogP contribution in [0, 0.1) is 11.3 Å². The van der Waals surface area contributed by atoms with Gasteiger partial charge in [-0.15, -0.1) is 0 Å². The first kappa shape index (κ1) is 18.0. The molecule has 0 saturated carbocycles. The summed E-state index contributed by atoms with van der Waals surface area (Å²) < 4.78 is 0. The Labute approximate surface area is 145 Å². The Kier molecular flexibility index (Phi) is 6.76. The van der Waals surface area contributed by atoms with Gasteiger partial charge in [0.2, 0.25) is 5.91 Å². The smallest absolute Gasteiger partial charge is 0.238 e. The molecule has 6 heteroatoms. The topological polar surface area (TPSA) is 85.2 Å². The van der Waals surface area contributed by atoms with Crippen LogP contribution in [-0.4, -0.2) is 24.2 Å². The molecule has 1 atom stereocenters. The Balaban J connectivity index is 1.94. The van der Waals surface area contributed by atoms with Gasteiger partial charge in [0.1, 0.15) is 6.07 Å². The van der Waals surface area contributed by atoms with E-state index in [-0.39, 0.29) is 25.1 Å². The second-order valence-corrected chi connectivity index (χ2v) is 5.62. The zero-order valence-electron chi connectivity index (χ0n) is 13.0. The summed E-state index contributed by atoms with van der Waals surface area (Å²) >= 11 is 5.94. The Morgan fingerprint density at radius 2 is 2.00 bits per heavy atom. The van der Waals surface area contributed by atoms with Crippen molar-refractivity contribution in [2.75, 3.05) is 18.5 Å². The molecule has 2 aromatic carbocycles. The largest absolute Gasteiger partial charge is 0.396 e. The van der Waals surface area contributed by atoms with Gasteiger partial charge in [-0.25, -0.2) is 0 Å². The van der Waals surface area contributed by atoms with Crippen LogP contribution in [0.3, 0.4) is 0 Å². The maximum absolute atomic E-state index is 12.1. The van der Waals surface area contributed by atoms with Crippen molar-refractivity contribution in [1.82, 2.24) is 5.32 Å². The molecule has 0 fully saturated rings. The van der Waals surface area contributed by atoms with E-state index in [0.717, 1.165) is 5.56 Å². The van der Waals surface area contributed by atoms with Gasteiger partial charge in [-0.05, 0) is 30.2 Å². The van der Waals surface area contributed by atoms with E-state index in [9.17, 15) is 9.90 Å². The van der Waals surface area contributed by atoms with Crippen molar-refractivity contribution in [3.63, 3.8) is 0 Å². The number of nitrogens with one attached hydrogen (secondary N) is 2. The van der Waals surface area contributed by atoms with Crippen LogP contribution >= 0.6 is 11.6 Å². The van der Waals surface area contributed by atoms with Crippen LogP contribution in [-0.2, 0) is 4.79 Å². The second-order valence-electron chi connectivity index (χ2n) is 5.21. The van der Waals surface area contributed by atoms with Crippen LogP contribution < -0.4 is 10.6 Å². The first-order valence-corrected chi connectivity index (χ1v) is 7.90. The Hall–Kier alpha value is -2.39. The van der Waals surface area contributed by atoms with Crippen LogP contribution in [0.15, 0.2) is 48.5 Å². The van der Waals surface area contributed by atoms with Crippen LogP contribution in [0.2, 0.25) is 5.02 Å². The molecule has 0 saturated heterocycles. The highest BCUT2D eigenvalue weighted by Crippen LogP contribution is 2.20. The normalized spacial score (nSPS) is 11.5. The molecule has 2 aromatic rings. The van der Waals surface area contributed by atoms with E-state index in [0.29, 0.717) is 22.7 Å². The lowest BCUT2D eigenvalue weighted by atomic mass is 10.0. The fraction of sp³-hybridized carbons (Fsp3) is 0.222. The van der Waals surface area contributed by atoms with Crippen molar-refractivity contribution in [2.24, 2.45) is 0 Å². The van der Waals surface area contributed by atoms with Gasteiger partial charge in [-0.3, -0.25) is 4.79 Å². The van der Waals surface area contributed by atoms with Gasteiger partial charge in [-0.1, -0.05) is 41.9 Å². The number of aliphatic hydroxyl groups excluding tert-OH is 1. The summed E-state index contributed by atoms with van der Waals surface area (Å²) in [6.07, 6.45) is 0.514. The molecule has 124 valence electrons. The average Bonchev–Trinajstić information content (AvgIpc) is 2.59. The van der Waals surface area contributed by atoms with E-state index >= 15 is 0 Å². The summed E-state index contributed by atoms with van der Waals surface area (Å²) in [7, 11) is 0. The standard InChI is InChI=1S/C18H18ClN3O2/c19-16-10-15(7-6-14(16)11-20)22-18(24)12-21-17(8-9-23)13-4-2-1-3-5-13/h1-7,10,17,21,23H,8-9,12H2,(H,22,24). The predicted molar refractivity (Wildman–Crippen MR) is 93.7 cm³/mol. The lowest BCUT2D eigenvalue weighted by Crippen LogP contribution is -2.31. The quantitative estimate of drug-likeness (QED) is 0.721. The molecule has 0 bridgehead atoms. The highest BCUT2D eigenvalue weighted by atomic mass is 35.5. The fourth-order valence-electron chi connectivity index (χ4n) is 2.31. The summed E-state index contributed by atoms with van der Waals surface area (Å²) in [5.74, 6) is -0.227. The number of halogens is 1. The highest BCUT2D eigenvalue weighted by molar-refractivity contribution is 6.32. The Morgan fingerprint density at radius 1 is 1.25 bits per heavy atom. The van der Waals surface area contributed by atoms with Gasteiger partial charge in [0.05, 0.1) is 17.1 Å². The van der Waals surface area contributed by atoms with Crippen LogP contribution in [0.25, 0.3) is 0 Å². The van der Waals surface area contributed by atoms with E-state index in [2.05, 4.69) is 10.6 Å². The molecule has 2 rings (SSSR count). The molecule has 0 aromatic heterocycles. The minimum Gasteiger partial charge on any atom is -0.396 e. The highest BCUT2D eigenvalue weighted by Gasteiger charge is 2.12. The van der Waals surface area contributed by atoms with Crippen LogP contribution in [0.1, 0.15) is 23.6 Å². The molecule has 0 heterocycles. The van der Waals surface area contributed by atoms with Crippen molar-refractivity contribution < 1.29 is 9.90 Å². The van der Waals surface area contributed by atoms with E-state index in [1.807, 2.05) is 36.4 Å².